The lowest BCUT2D eigenvalue weighted by Crippen LogP contribution is -2.30. The smallest absolute Gasteiger partial charge is 0.384 e. The highest BCUT2D eigenvalue weighted by Crippen LogP contribution is 2.51. The molecule has 0 saturated carbocycles. The molecule has 17 heavy (non-hydrogen) atoms. The van der Waals surface area contributed by atoms with Crippen LogP contribution in [0.2, 0.25) is 0 Å². The second-order valence-electron chi connectivity index (χ2n) is 3.21. The lowest BCUT2D eigenvalue weighted by molar-refractivity contribution is -0.0496. The molecule has 0 rings (SSSR count). The van der Waals surface area contributed by atoms with Crippen LogP contribution in [0.4, 0.5) is 13.2 Å². The maximum absolute atomic E-state index is 12.2. The standard InChI is InChI=1S/C8H17F3O4S2/c1-4-16(5-2,7-6-14-3)15-17(12,13)8(9,10)11/h4-7H2,1-3H3. The summed E-state index contributed by atoms with van der Waals surface area (Å²) in [7, 11) is -6.44. The number of methoxy groups -OCH3 is 1. The monoisotopic (exact) mass is 298 g/mol. The molecule has 0 aromatic rings. The van der Waals surface area contributed by atoms with Gasteiger partial charge >= 0.3 is 15.6 Å². The van der Waals surface area contributed by atoms with Crippen LogP contribution in [0.15, 0.2) is 0 Å². The Morgan fingerprint density at radius 1 is 1.12 bits per heavy atom. The highest BCUT2D eigenvalue weighted by Gasteiger charge is 2.50. The number of hydrogen-bond acceptors (Lipinski definition) is 4. The molecule has 0 unspecified atom stereocenters. The van der Waals surface area contributed by atoms with Gasteiger partial charge in [-0.25, -0.2) is 3.63 Å². The molecule has 9 heteroatoms. The van der Waals surface area contributed by atoms with Gasteiger partial charge in [-0.1, -0.05) is 13.8 Å². The Hall–Kier alpha value is 0.01000. The first-order valence-corrected chi connectivity index (χ1v) is 8.39. The Bertz CT molecular complexity index is 322. The molecule has 0 fully saturated rings. The molecule has 4 nitrogen and oxygen atoms in total. The van der Waals surface area contributed by atoms with Crippen molar-refractivity contribution in [3.05, 3.63) is 0 Å². The minimum atomic E-state index is -5.53. The van der Waals surface area contributed by atoms with Crippen LogP contribution in [0.25, 0.3) is 0 Å². The lowest BCUT2D eigenvalue weighted by Gasteiger charge is -2.36. The number of ether oxygens (including phenoxy) is 1. The molecular weight excluding hydrogens is 281 g/mol. The van der Waals surface area contributed by atoms with E-state index in [0.29, 0.717) is 0 Å². The highest BCUT2D eigenvalue weighted by atomic mass is 32.3. The van der Waals surface area contributed by atoms with Gasteiger partial charge in [-0.15, -0.1) is 10.3 Å². The molecule has 0 aromatic heterocycles. The first kappa shape index (κ1) is 17.0. The Morgan fingerprint density at radius 3 is 1.88 bits per heavy atom. The SMILES string of the molecule is CCS(CC)(CCOC)OS(=O)(=O)C(F)(F)F. The zero-order valence-electron chi connectivity index (χ0n) is 9.91. The first-order chi connectivity index (χ1) is 7.64. The average molecular weight is 298 g/mol. The molecule has 0 amide bonds. The highest BCUT2D eigenvalue weighted by molar-refractivity contribution is 8.33. The third-order valence-electron chi connectivity index (χ3n) is 2.23. The summed E-state index contributed by atoms with van der Waals surface area (Å²) in [6.45, 7) is 3.39. The van der Waals surface area contributed by atoms with E-state index in [0.717, 1.165) is 0 Å². The van der Waals surface area contributed by atoms with Crippen molar-refractivity contribution in [2.75, 3.05) is 31.0 Å². The van der Waals surface area contributed by atoms with Crippen molar-refractivity contribution < 1.29 is 30.0 Å². The summed E-state index contributed by atoms with van der Waals surface area (Å²) in [5.74, 6) is 0.649. The van der Waals surface area contributed by atoms with E-state index in [1.165, 1.54) is 7.11 Å². The van der Waals surface area contributed by atoms with Gasteiger partial charge < -0.3 is 4.74 Å². The van der Waals surface area contributed by atoms with E-state index in [1.807, 2.05) is 0 Å². The van der Waals surface area contributed by atoms with Gasteiger partial charge in [0, 0.05) is 12.9 Å². The van der Waals surface area contributed by atoms with Gasteiger partial charge in [0.25, 0.3) is 0 Å². The van der Waals surface area contributed by atoms with Crippen LogP contribution in [-0.4, -0.2) is 44.9 Å². The van der Waals surface area contributed by atoms with E-state index in [4.69, 9.17) is 4.74 Å². The molecule has 0 saturated heterocycles. The number of hydrogen-bond donors (Lipinski definition) is 0. The van der Waals surface area contributed by atoms with Crippen LogP contribution >= 0.6 is 10.3 Å². The Labute approximate surface area is 101 Å². The molecule has 0 aromatic carbocycles. The van der Waals surface area contributed by atoms with Gasteiger partial charge in [-0.3, -0.25) is 0 Å². The number of alkyl halides is 3. The van der Waals surface area contributed by atoms with E-state index >= 15 is 0 Å². The predicted molar refractivity (Wildman–Crippen MR) is 61.5 cm³/mol. The summed E-state index contributed by atoms with van der Waals surface area (Å²) >= 11 is 0. The van der Waals surface area contributed by atoms with Crippen molar-refractivity contribution in [1.82, 2.24) is 0 Å². The summed E-state index contributed by atoms with van der Waals surface area (Å²) < 4.78 is 67.9. The summed E-state index contributed by atoms with van der Waals surface area (Å²) in [5.41, 5.74) is -5.37. The van der Waals surface area contributed by atoms with Crippen molar-refractivity contribution in [2.45, 2.75) is 19.4 Å². The van der Waals surface area contributed by atoms with Gasteiger partial charge in [0.15, 0.2) is 0 Å². The molecular formula is C8H17F3O4S2. The Balaban J connectivity index is 5.00. The molecule has 0 spiro atoms. The van der Waals surface area contributed by atoms with Crippen LogP contribution in [0.3, 0.4) is 0 Å². The van der Waals surface area contributed by atoms with Crippen LogP contribution in [-0.2, 0) is 18.5 Å². The summed E-state index contributed by atoms with van der Waals surface area (Å²) in [6.07, 6.45) is 0. The van der Waals surface area contributed by atoms with Gasteiger partial charge in [0.05, 0.1) is 6.61 Å². The fourth-order valence-corrected chi connectivity index (χ4v) is 5.41. The summed E-state index contributed by atoms with van der Waals surface area (Å²) in [6, 6.07) is 0. The van der Waals surface area contributed by atoms with Crippen molar-refractivity contribution in [3.8, 4) is 0 Å². The fraction of sp³-hybridized carbons (Fsp3) is 1.00. The Morgan fingerprint density at radius 2 is 1.59 bits per heavy atom. The summed E-state index contributed by atoms with van der Waals surface area (Å²) in [5, 5.41) is 0. The number of halogens is 3. The van der Waals surface area contributed by atoms with Gasteiger partial charge in [-0.2, -0.15) is 21.6 Å². The predicted octanol–water partition coefficient (Wildman–Crippen LogP) is 2.26. The van der Waals surface area contributed by atoms with Crippen molar-refractivity contribution in [2.24, 2.45) is 0 Å². The van der Waals surface area contributed by atoms with E-state index in [-0.39, 0.29) is 23.9 Å². The zero-order valence-corrected chi connectivity index (χ0v) is 11.5. The van der Waals surface area contributed by atoms with Crippen molar-refractivity contribution in [3.63, 3.8) is 0 Å². The fourth-order valence-electron chi connectivity index (χ4n) is 1.09. The van der Waals surface area contributed by atoms with Crippen molar-refractivity contribution >= 4 is 20.4 Å². The van der Waals surface area contributed by atoms with Crippen LogP contribution < -0.4 is 0 Å². The third kappa shape index (κ3) is 4.65. The maximum atomic E-state index is 12.2. The lowest BCUT2D eigenvalue weighted by atomic mass is 10.9. The molecule has 0 bridgehead atoms. The molecule has 0 N–H and O–H groups in total. The second-order valence-corrected chi connectivity index (χ2v) is 8.62. The summed E-state index contributed by atoms with van der Waals surface area (Å²) in [4.78, 5) is 0. The van der Waals surface area contributed by atoms with E-state index in [1.54, 1.807) is 13.8 Å². The molecule has 106 valence electrons. The molecule has 0 aliphatic carbocycles. The normalized spacial score (nSPS) is 14.9. The van der Waals surface area contributed by atoms with Crippen LogP contribution in [0.5, 0.6) is 0 Å². The molecule has 0 heterocycles. The second kappa shape index (κ2) is 6.26. The number of rotatable bonds is 7. The van der Waals surface area contributed by atoms with Crippen LogP contribution in [0, 0.1) is 0 Å². The largest absolute Gasteiger partial charge is 0.523 e. The quantitative estimate of drug-likeness (QED) is 0.677. The first-order valence-electron chi connectivity index (χ1n) is 4.91. The minimum Gasteiger partial charge on any atom is -0.384 e. The maximum Gasteiger partial charge on any atom is 0.523 e. The third-order valence-corrected chi connectivity index (χ3v) is 7.68. The van der Waals surface area contributed by atoms with E-state index in [9.17, 15) is 21.6 Å². The topological polar surface area (TPSA) is 52.6 Å². The molecule has 0 aliphatic heterocycles. The average Bonchev–Trinajstić information content (AvgIpc) is 2.22. The van der Waals surface area contributed by atoms with E-state index < -0.39 is 25.9 Å². The van der Waals surface area contributed by atoms with Crippen LogP contribution in [0.1, 0.15) is 13.8 Å². The van der Waals surface area contributed by atoms with E-state index in [2.05, 4.69) is 3.63 Å². The van der Waals surface area contributed by atoms with Crippen molar-refractivity contribution in [1.29, 1.82) is 0 Å². The van der Waals surface area contributed by atoms with Gasteiger partial charge in [0.1, 0.15) is 0 Å². The molecule has 0 aliphatic rings. The zero-order chi connectivity index (χ0) is 13.7. The van der Waals surface area contributed by atoms with Gasteiger partial charge in [-0.05, 0) is 11.5 Å². The molecule has 0 atom stereocenters. The van der Waals surface area contributed by atoms with Gasteiger partial charge in [0.2, 0.25) is 0 Å². The Kier molecular flexibility index (Phi) is 6.26. The molecule has 0 radical (unpaired) electrons. The minimum absolute atomic E-state index is 0.171.